The van der Waals surface area contributed by atoms with Gasteiger partial charge in [-0.1, -0.05) is 0 Å². The average Bonchev–Trinajstić information content (AvgIpc) is 3.11. The normalized spacial score (nSPS) is 23.7. The summed E-state index contributed by atoms with van der Waals surface area (Å²) in [4.78, 5) is 26.4. The molecule has 29 heavy (non-hydrogen) atoms. The number of alkyl halides is 3. The van der Waals surface area contributed by atoms with Crippen LogP contribution < -0.4 is 15.4 Å². The number of ether oxygens (including phenoxy) is 2. The minimum atomic E-state index is -4.77. The summed E-state index contributed by atoms with van der Waals surface area (Å²) in [5, 5.41) is 5.47. The third-order valence-corrected chi connectivity index (χ3v) is 4.86. The van der Waals surface area contributed by atoms with Crippen LogP contribution in [0.15, 0.2) is 24.3 Å². The largest absolute Gasteiger partial charge is 0.573 e. The average molecular weight is 415 g/mol. The zero-order valence-corrected chi connectivity index (χ0v) is 16.4. The molecule has 10 heteroatoms. The van der Waals surface area contributed by atoms with Gasteiger partial charge in [0, 0.05) is 12.2 Å². The minimum absolute atomic E-state index is 0.136. The molecule has 1 aliphatic heterocycles. The Morgan fingerprint density at radius 3 is 2.34 bits per heavy atom. The predicted molar refractivity (Wildman–Crippen MR) is 98.5 cm³/mol. The van der Waals surface area contributed by atoms with Crippen LogP contribution in [0.1, 0.15) is 33.6 Å². The second-order valence-electron chi connectivity index (χ2n) is 8.23. The number of anilines is 1. The molecule has 0 radical (unpaired) electrons. The summed E-state index contributed by atoms with van der Waals surface area (Å²) in [7, 11) is 0. The fourth-order valence-corrected chi connectivity index (χ4v) is 3.80. The molecule has 0 aromatic heterocycles. The van der Waals surface area contributed by atoms with Crippen molar-refractivity contribution in [1.29, 1.82) is 0 Å². The molecule has 3 amide bonds. The third kappa shape index (κ3) is 5.45. The van der Waals surface area contributed by atoms with E-state index in [-0.39, 0.29) is 23.8 Å². The van der Waals surface area contributed by atoms with Crippen LogP contribution in [0.4, 0.5) is 28.4 Å². The molecule has 1 saturated carbocycles. The highest BCUT2D eigenvalue weighted by molar-refractivity contribution is 5.89. The van der Waals surface area contributed by atoms with E-state index in [9.17, 15) is 22.8 Å². The Bertz CT molecular complexity index is 761. The van der Waals surface area contributed by atoms with Crippen molar-refractivity contribution in [3.63, 3.8) is 0 Å². The van der Waals surface area contributed by atoms with Gasteiger partial charge in [-0.3, -0.25) is 0 Å². The number of hydrogen-bond acceptors (Lipinski definition) is 4. The van der Waals surface area contributed by atoms with Crippen molar-refractivity contribution in [2.45, 2.75) is 57.7 Å². The Labute approximate surface area is 166 Å². The van der Waals surface area contributed by atoms with Gasteiger partial charge in [-0.15, -0.1) is 13.2 Å². The summed E-state index contributed by atoms with van der Waals surface area (Å²) in [6.45, 7) is 5.92. The summed E-state index contributed by atoms with van der Waals surface area (Å²) in [5.74, 6) is -0.230. The van der Waals surface area contributed by atoms with Crippen LogP contribution in [-0.2, 0) is 4.74 Å². The molecule has 1 aromatic carbocycles. The highest BCUT2D eigenvalue weighted by atomic mass is 19.4. The quantitative estimate of drug-likeness (QED) is 0.779. The molecule has 7 nitrogen and oxygen atoms in total. The number of nitrogens with zero attached hydrogens (tertiary/aromatic N) is 1. The van der Waals surface area contributed by atoms with Crippen LogP contribution in [0.5, 0.6) is 5.75 Å². The van der Waals surface area contributed by atoms with Gasteiger partial charge >= 0.3 is 18.5 Å². The molecule has 3 atom stereocenters. The number of carbonyl (C=O) groups excluding carboxylic acids is 2. The summed E-state index contributed by atoms with van der Waals surface area (Å²) in [6.07, 6.45) is -3.48. The third-order valence-electron chi connectivity index (χ3n) is 4.86. The van der Waals surface area contributed by atoms with Crippen LogP contribution in [0.3, 0.4) is 0 Å². The van der Waals surface area contributed by atoms with Gasteiger partial charge in [-0.05, 0) is 63.8 Å². The number of likely N-dealkylation sites (tertiary alicyclic amines) is 1. The van der Waals surface area contributed by atoms with E-state index in [4.69, 9.17) is 4.74 Å². The lowest BCUT2D eigenvalue weighted by Crippen LogP contribution is -2.47. The summed E-state index contributed by atoms with van der Waals surface area (Å²) in [6, 6.07) is 4.05. The lowest BCUT2D eigenvalue weighted by atomic mass is 10.1. The zero-order valence-electron chi connectivity index (χ0n) is 16.4. The molecule has 2 fully saturated rings. The number of carbonyl (C=O) groups is 2. The van der Waals surface area contributed by atoms with E-state index in [1.807, 2.05) is 0 Å². The lowest BCUT2D eigenvalue weighted by molar-refractivity contribution is -0.274. The van der Waals surface area contributed by atoms with Gasteiger partial charge in [0.15, 0.2) is 0 Å². The zero-order chi connectivity index (χ0) is 21.4. The Morgan fingerprint density at radius 1 is 1.10 bits per heavy atom. The molecule has 2 aliphatic rings. The van der Waals surface area contributed by atoms with Crippen LogP contribution in [0, 0.1) is 5.92 Å². The van der Waals surface area contributed by atoms with E-state index in [2.05, 4.69) is 15.4 Å². The molecule has 160 valence electrons. The van der Waals surface area contributed by atoms with Gasteiger partial charge in [0.05, 0.1) is 12.1 Å². The monoisotopic (exact) mass is 415 g/mol. The number of amides is 3. The fraction of sp³-hybridized carbons (Fsp3) is 0.579. The van der Waals surface area contributed by atoms with E-state index >= 15 is 0 Å². The lowest BCUT2D eigenvalue weighted by Gasteiger charge is -2.30. The number of hydrogen-bond donors (Lipinski definition) is 2. The van der Waals surface area contributed by atoms with E-state index < -0.39 is 24.1 Å². The number of halogens is 3. The Balaban J connectivity index is 1.55. The summed E-state index contributed by atoms with van der Waals surface area (Å²) < 4.78 is 45.8. The molecule has 1 unspecified atom stereocenters. The summed E-state index contributed by atoms with van der Waals surface area (Å²) >= 11 is 0. The molecule has 0 spiro atoms. The molecule has 2 N–H and O–H groups in total. The van der Waals surface area contributed by atoms with E-state index in [0.29, 0.717) is 12.2 Å². The maximum atomic E-state index is 12.4. The summed E-state index contributed by atoms with van der Waals surface area (Å²) in [5.41, 5.74) is -0.271. The van der Waals surface area contributed by atoms with E-state index in [1.54, 1.807) is 25.7 Å². The van der Waals surface area contributed by atoms with Crippen LogP contribution in [0.25, 0.3) is 0 Å². The van der Waals surface area contributed by atoms with Crippen molar-refractivity contribution in [2.24, 2.45) is 5.92 Å². The number of benzene rings is 1. The standard InChI is InChI=1S/C19H24F3N3O4/c1-18(2,3)29-17(27)25-10-11-4-9-14(25)15(11)24-16(26)23-12-5-7-13(8-6-12)28-19(20,21)22/h5-8,11,14-15H,4,9-10H2,1-3H3,(H2,23,24,26)/t11-,14-,15?/m1/s1. The fourth-order valence-electron chi connectivity index (χ4n) is 3.80. The first-order chi connectivity index (χ1) is 13.4. The molecule has 1 heterocycles. The first kappa shape index (κ1) is 21.1. The number of nitrogens with one attached hydrogen (secondary N) is 2. The van der Waals surface area contributed by atoms with Crippen molar-refractivity contribution in [1.82, 2.24) is 10.2 Å². The highest BCUT2D eigenvalue weighted by Gasteiger charge is 2.50. The first-order valence-corrected chi connectivity index (χ1v) is 9.34. The number of urea groups is 1. The van der Waals surface area contributed by atoms with Crippen molar-refractivity contribution < 1.29 is 32.2 Å². The minimum Gasteiger partial charge on any atom is -0.444 e. The topological polar surface area (TPSA) is 79.9 Å². The van der Waals surface area contributed by atoms with Gasteiger partial charge in [0.2, 0.25) is 0 Å². The molecular formula is C19H24F3N3O4. The van der Waals surface area contributed by atoms with Crippen molar-refractivity contribution in [3.05, 3.63) is 24.3 Å². The van der Waals surface area contributed by atoms with Crippen LogP contribution >= 0.6 is 0 Å². The van der Waals surface area contributed by atoms with Crippen LogP contribution in [-0.4, -0.2) is 47.6 Å². The Kier molecular flexibility index (Phi) is 5.55. The highest BCUT2D eigenvalue weighted by Crippen LogP contribution is 2.38. The second kappa shape index (κ2) is 7.64. The molecular weight excluding hydrogens is 391 g/mol. The number of fused-ring (bicyclic) bond motifs is 2. The molecule has 3 rings (SSSR count). The van der Waals surface area contributed by atoms with Gasteiger partial charge < -0.3 is 25.0 Å². The van der Waals surface area contributed by atoms with Crippen molar-refractivity contribution in [3.8, 4) is 5.75 Å². The Hall–Kier alpha value is -2.65. The predicted octanol–water partition coefficient (Wildman–Crippen LogP) is 4.10. The molecule has 1 aliphatic carbocycles. The molecule has 1 aromatic rings. The maximum Gasteiger partial charge on any atom is 0.573 e. The smallest absolute Gasteiger partial charge is 0.444 e. The van der Waals surface area contributed by atoms with E-state index in [0.717, 1.165) is 25.0 Å². The van der Waals surface area contributed by atoms with E-state index in [1.165, 1.54) is 12.1 Å². The second-order valence-corrected chi connectivity index (χ2v) is 8.23. The van der Waals surface area contributed by atoms with Gasteiger partial charge in [0.1, 0.15) is 11.4 Å². The maximum absolute atomic E-state index is 12.4. The van der Waals surface area contributed by atoms with Crippen molar-refractivity contribution in [2.75, 3.05) is 11.9 Å². The first-order valence-electron chi connectivity index (χ1n) is 9.34. The SMILES string of the molecule is CC(C)(C)OC(=O)N1C[C@H]2CC[C@@H]1C2NC(=O)Nc1ccc(OC(F)(F)F)cc1. The van der Waals surface area contributed by atoms with Gasteiger partial charge in [0.25, 0.3) is 0 Å². The van der Waals surface area contributed by atoms with Gasteiger partial charge in [-0.2, -0.15) is 0 Å². The number of rotatable bonds is 3. The van der Waals surface area contributed by atoms with Gasteiger partial charge in [-0.25, -0.2) is 9.59 Å². The Morgan fingerprint density at radius 2 is 1.76 bits per heavy atom. The molecule has 2 bridgehead atoms. The molecule has 1 saturated heterocycles. The van der Waals surface area contributed by atoms with Crippen LogP contribution in [0.2, 0.25) is 0 Å². The van der Waals surface area contributed by atoms with Crippen molar-refractivity contribution >= 4 is 17.8 Å². The number of piperidine rings is 1.